The molecule has 0 aliphatic rings. The van der Waals surface area contributed by atoms with Crippen LogP contribution in [0, 0.1) is 18.6 Å². The molecule has 1 N–H and O–H groups in total. The molecular weight excluding hydrogens is 649 g/mol. The van der Waals surface area contributed by atoms with Gasteiger partial charge in [-0.2, -0.15) is 0 Å². The van der Waals surface area contributed by atoms with E-state index in [1.165, 1.54) is 28.9 Å². The third-order valence-corrected chi connectivity index (χ3v) is 9.44. The predicted molar refractivity (Wildman–Crippen MR) is 177 cm³/mol. The van der Waals surface area contributed by atoms with Crippen LogP contribution in [-0.4, -0.2) is 74.7 Å². The Hall–Kier alpha value is -4.10. The SMILES string of the molecule is CCOP(=O)(CCN(C(CCOC)N(C)C=O)n1cc(C(=O)NCc2ccc(F)cc2F)c(=O)c(OCc2ccccc2)c1C)OCC. The fraction of sp³-hybridized carbons (Fsp3) is 0.424. The Morgan fingerprint density at radius 3 is 2.40 bits per heavy atom. The lowest BCUT2D eigenvalue weighted by Gasteiger charge is -2.40. The summed E-state index contributed by atoms with van der Waals surface area (Å²) in [6, 6.07) is 12.0. The van der Waals surface area contributed by atoms with Crippen LogP contribution in [-0.2, 0) is 36.3 Å². The fourth-order valence-corrected chi connectivity index (χ4v) is 6.54. The number of hydrogen-bond donors (Lipinski definition) is 1. The van der Waals surface area contributed by atoms with Crippen molar-refractivity contribution < 1.29 is 41.5 Å². The van der Waals surface area contributed by atoms with Crippen molar-refractivity contribution >= 4 is 19.9 Å². The summed E-state index contributed by atoms with van der Waals surface area (Å²) in [6.45, 7) is 5.12. The predicted octanol–water partition coefficient (Wildman–Crippen LogP) is 4.60. The standard InChI is InChI=1S/C33H43F2N4O8P/c1-6-46-48(43,47-7-2)18-16-38(30(15-17-44-5)37(4)23-40)39-21-28(33(42)36-20-26-13-14-27(34)19-29(26)35)31(41)32(24(39)3)45-22-25-11-9-8-10-12-25/h8-14,19,21,23,30H,6-7,15-18,20,22H2,1-5H3,(H,36,42). The molecule has 1 aromatic heterocycles. The minimum Gasteiger partial charge on any atom is -0.483 e. The summed E-state index contributed by atoms with van der Waals surface area (Å²) in [5, 5.41) is 4.18. The molecule has 12 nitrogen and oxygen atoms in total. The van der Waals surface area contributed by atoms with Crippen molar-refractivity contribution in [2.45, 2.75) is 46.5 Å². The highest BCUT2D eigenvalue weighted by Gasteiger charge is 2.31. The molecule has 3 aromatic rings. The molecule has 262 valence electrons. The van der Waals surface area contributed by atoms with Crippen LogP contribution in [0.15, 0.2) is 59.5 Å². The van der Waals surface area contributed by atoms with E-state index in [9.17, 15) is 27.7 Å². The van der Waals surface area contributed by atoms with Crippen LogP contribution in [0.5, 0.6) is 5.75 Å². The highest BCUT2D eigenvalue weighted by atomic mass is 31.2. The van der Waals surface area contributed by atoms with Crippen molar-refractivity contribution in [2.24, 2.45) is 0 Å². The van der Waals surface area contributed by atoms with Crippen molar-refractivity contribution in [1.29, 1.82) is 0 Å². The van der Waals surface area contributed by atoms with Gasteiger partial charge in [-0.3, -0.25) is 28.6 Å². The average molecular weight is 693 g/mol. The minimum atomic E-state index is -3.60. The monoisotopic (exact) mass is 692 g/mol. The summed E-state index contributed by atoms with van der Waals surface area (Å²) < 4.78 is 65.2. The Morgan fingerprint density at radius 2 is 1.79 bits per heavy atom. The lowest BCUT2D eigenvalue weighted by Crippen LogP contribution is -2.54. The summed E-state index contributed by atoms with van der Waals surface area (Å²) in [6.07, 6.45) is 1.34. The highest BCUT2D eigenvalue weighted by Crippen LogP contribution is 2.47. The normalized spacial score (nSPS) is 12.0. The van der Waals surface area contributed by atoms with Gasteiger partial charge in [0.1, 0.15) is 30.0 Å². The molecule has 1 atom stereocenters. The Morgan fingerprint density at radius 1 is 1.10 bits per heavy atom. The van der Waals surface area contributed by atoms with Gasteiger partial charge >= 0.3 is 7.60 Å². The second-order valence-corrected chi connectivity index (χ2v) is 12.9. The fourth-order valence-electron chi connectivity index (χ4n) is 4.97. The van der Waals surface area contributed by atoms with E-state index in [1.54, 1.807) is 32.8 Å². The maximum atomic E-state index is 14.4. The first-order valence-corrected chi connectivity index (χ1v) is 17.2. The molecule has 2 aromatic carbocycles. The third kappa shape index (κ3) is 10.2. The van der Waals surface area contributed by atoms with Crippen LogP contribution >= 0.6 is 7.60 Å². The van der Waals surface area contributed by atoms with E-state index in [-0.39, 0.29) is 74.7 Å². The summed E-state index contributed by atoms with van der Waals surface area (Å²) >= 11 is 0. The Labute approximate surface area is 279 Å². The highest BCUT2D eigenvalue weighted by molar-refractivity contribution is 7.53. The number of carbonyl (C=O) groups is 2. The number of benzene rings is 2. The summed E-state index contributed by atoms with van der Waals surface area (Å²) in [4.78, 5) is 40.9. The first kappa shape index (κ1) is 38.3. The van der Waals surface area contributed by atoms with E-state index >= 15 is 0 Å². The number of halogens is 2. The number of aromatic nitrogens is 1. The molecule has 1 unspecified atom stereocenters. The summed E-state index contributed by atoms with van der Waals surface area (Å²) in [5.41, 5.74) is -0.0403. The molecule has 48 heavy (non-hydrogen) atoms. The average Bonchev–Trinajstić information content (AvgIpc) is 3.06. The summed E-state index contributed by atoms with van der Waals surface area (Å²) in [5.74, 6) is -2.64. The smallest absolute Gasteiger partial charge is 0.332 e. The van der Waals surface area contributed by atoms with Gasteiger partial charge in [0.25, 0.3) is 5.91 Å². The lowest BCUT2D eigenvalue weighted by molar-refractivity contribution is -0.119. The van der Waals surface area contributed by atoms with Gasteiger partial charge < -0.3 is 28.7 Å². The molecule has 0 saturated carbocycles. The van der Waals surface area contributed by atoms with Crippen LogP contribution < -0.4 is 20.5 Å². The number of nitrogens with zero attached hydrogens (tertiary/aromatic N) is 3. The number of ether oxygens (including phenoxy) is 2. The molecule has 1 heterocycles. The Kier molecular flexibility index (Phi) is 14.7. The number of rotatable bonds is 20. The van der Waals surface area contributed by atoms with E-state index in [1.807, 2.05) is 30.3 Å². The number of nitrogens with one attached hydrogen (secondary N) is 1. The molecule has 0 aliphatic heterocycles. The maximum Gasteiger partial charge on any atom is 0.332 e. The van der Waals surface area contributed by atoms with Crippen molar-refractivity contribution in [3.05, 3.63) is 99.0 Å². The van der Waals surface area contributed by atoms with E-state index in [4.69, 9.17) is 18.5 Å². The quantitative estimate of drug-likeness (QED) is 0.103. The molecule has 3 rings (SSSR count). The van der Waals surface area contributed by atoms with Crippen LogP contribution in [0.4, 0.5) is 8.78 Å². The van der Waals surface area contributed by atoms with Crippen molar-refractivity contribution in [3.63, 3.8) is 0 Å². The van der Waals surface area contributed by atoms with Crippen LogP contribution in [0.2, 0.25) is 0 Å². The second-order valence-electron chi connectivity index (χ2n) is 10.7. The molecule has 0 saturated heterocycles. The summed E-state index contributed by atoms with van der Waals surface area (Å²) in [7, 11) is -0.535. The lowest BCUT2D eigenvalue weighted by atomic mass is 10.1. The first-order valence-electron chi connectivity index (χ1n) is 15.4. The first-order chi connectivity index (χ1) is 23.0. The molecular formula is C33H43F2N4O8P. The topological polar surface area (TPSA) is 129 Å². The van der Waals surface area contributed by atoms with Gasteiger partial charge in [-0.1, -0.05) is 36.4 Å². The van der Waals surface area contributed by atoms with Gasteiger partial charge in [-0.25, -0.2) is 8.78 Å². The molecule has 0 radical (unpaired) electrons. The van der Waals surface area contributed by atoms with E-state index in [0.29, 0.717) is 12.5 Å². The van der Waals surface area contributed by atoms with Gasteiger partial charge in [0.05, 0.1) is 25.1 Å². The van der Waals surface area contributed by atoms with Crippen LogP contribution in [0.1, 0.15) is 47.4 Å². The zero-order valence-corrected chi connectivity index (χ0v) is 28.7. The number of carbonyl (C=O) groups excluding carboxylic acids is 2. The zero-order chi connectivity index (χ0) is 35.3. The molecule has 0 spiro atoms. The Balaban J connectivity index is 2.17. The van der Waals surface area contributed by atoms with Gasteiger partial charge in [0, 0.05) is 58.1 Å². The van der Waals surface area contributed by atoms with Crippen molar-refractivity contribution in [3.8, 4) is 5.75 Å². The molecule has 2 amide bonds. The zero-order valence-electron chi connectivity index (χ0n) is 27.8. The number of hydrogen-bond acceptors (Lipinski definition) is 9. The number of amides is 2. The maximum absolute atomic E-state index is 14.4. The van der Waals surface area contributed by atoms with Crippen molar-refractivity contribution in [1.82, 2.24) is 14.9 Å². The van der Waals surface area contributed by atoms with Gasteiger partial charge in [0.2, 0.25) is 11.8 Å². The van der Waals surface area contributed by atoms with Gasteiger partial charge in [0.15, 0.2) is 5.75 Å². The van der Waals surface area contributed by atoms with Crippen LogP contribution in [0.3, 0.4) is 0 Å². The molecule has 0 fully saturated rings. The van der Waals surface area contributed by atoms with E-state index in [0.717, 1.165) is 11.6 Å². The number of pyridine rings is 1. The van der Waals surface area contributed by atoms with Gasteiger partial charge in [-0.15, -0.1) is 0 Å². The van der Waals surface area contributed by atoms with E-state index < -0.39 is 36.7 Å². The van der Waals surface area contributed by atoms with Crippen molar-refractivity contribution in [2.75, 3.05) is 51.7 Å². The molecule has 0 bridgehead atoms. The largest absolute Gasteiger partial charge is 0.483 e. The minimum absolute atomic E-state index is 0.00594. The van der Waals surface area contributed by atoms with Gasteiger partial charge in [-0.05, 0) is 32.4 Å². The molecule has 0 aliphatic carbocycles. The second kappa shape index (κ2) is 18.4. The molecule has 15 heteroatoms. The third-order valence-electron chi connectivity index (χ3n) is 7.39. The Bertz CT molecular complexity index is 1620. The van der Waals surface area contributed by atoms with E-state index in [2.05, 4.69) is 5.32 Å². The number of methoxy groups -OCH3 is 1. The van der Waals surface area contributed by atoms with Crippen LogP contribution in [0.25, 0.3) is 0 Å².